The van der Waals surface area contributed by atoms with Gasteiger partial charge in [-0.15, -0.1) is 0 Å². The molecule has 0 saturated carbocycles. The number of amides is 3. The Hall–Kier alpha value is -2.09. The predicted octanol–water partition coefficient (Wildman–Crippen LogP) is -0.228. The van der Waals surface area contributed by atoms with Gasteiger partial charge in [0.1, 0.15) is 11.8 Å². The predicted molar refractivity (Wildman–Crippen MR) is 79.6 cm³/mol. The number of piperazine rings is 2. The van der Waals surface area contributed by atoms with Crippen LogP contribution in [0.3, 0.4) is 0 Å². The van der Waals surface area contributed by atoms with Crippen LogP contribution in [0.1, 0.15) is 12.2 Å². The lowest BCUT2D eigenvalue weighted by molar-refractivity contribution is -0.160. The van der Waals surface area contributed by atoms with Crippen molar-refractivity contribution in [3.8, 4) is 0 Å². The molecule has 1 aromatic rings. The standard InChI is InChI=1S/C14H17ClN4O4/c1-17-8-13(21)19-5-4-18(7-10(19)14(17)22)12(20)3-2-9-6-11(15)16-23-9/h6,10H,2-5,7-8H2,1H3/t10-/m1/s1. The third-order valence-corrected chi connectivity index (χ3v) is 4.38. The Morgan fingerprint density at radius 1 is 1.43 bits per heavy atom. The van der Waals surface area contributed by atoms with Gasteiger partial charge in [0.15, 0.2) is 5.15 Å². The smallest absolute Gasteiger partial charge is 0.247 e. The van der Waals surface area contributed by atoms with Crippen LogP contribution in [0, 0.1) is 0 Å². The molecule has 1 atom stereocenters. The lowest BCUT2D eigenvalue weighted by Crippen LogP contribution is -2.66. The summed E-state index contributed by atoms with van der Waals surface area (Å²) in [5.74, 6) is 0.279. The summed E-state index contributed by atoms with van der Waals surface area (Å²) in [5, 5.41) is 3.82. The molecule has 124 valence electrons. The third kappa shape index (κ3) is 3.17. The molecule has 2 aliphatic rings. The van der Waals surface area contributed by atoms with Gasteiger partial charge in [0.25, 0.3) is 0 Å². The molecule has 0 bridgehead atoms. The van der Waals surface area contributed by atoms with Gasteiger partial charge in [0.2, 0.25) is 17.7 Å². The Balaban J connectivity index is 1.60. The highest BCUT2D eigenvalue weighted by Crippen LogP contribution is 2.18. The molecular weight excluding hydrogens is 324 g/mol. The number of halogens is 1. The summed E-state index contributed by atoms with van der Waals surface area (Å²) in [4.78, 5) is 41.1. The number of aromatic nitrogens is 1. The second-order valence-corrected chi connectivity index (χ2v) is 6.14. The summed E-state index contributed by atoms with van der Waals surface area (Å²) in [7, 11) is 1.60. The van der Waals surface area contributed by atoms with Crippen LogP contribution in [0.25, 0.3) is 0 Å². The maximum atomic E-state index is 12.3. The number of fused-ring (bicyclic) bond motifs is 1. The number of hydrogen-bond acceptors (Lipinski definition) is 5. The maximum absolute atomic E-state index is 12.3. The second-order valence-electron chi connectivity index (χ2n) is 5.75. The van der Waals surface area contributed by atoms with Crippen LogP contribution in [0.5, 0.6) is 0 Å². The first-order valence-corrected chi connectivity index (χ1v) is 7.77. The number of carbonyl (C=O) groups is 3. The van der Waals surface area contributed by atoms with Gasteiger partial charge < -0.3 is 19.2 Å². The van der Waals surface area contributed by atoms with Crippen molar-refractivity contribution in [1.82, 2.24) is 19.9 Å². The molecule has 9 heteroatoms. The first-order valence-electron chi connectivity index (χ1n) is 7.39. The van der Waals surface area contributed by atoms with Gasteiger partial charge in [-0.3, -0.25) is 14.4 Å². The summed E-state index contributed by atoms with van der Waals surface area (Å²) >= 11 is 5.66. The molecule has 1 aromatic heterocycles. The van der Waals surface area contributed by atoms with Gasteiger partial charge in [-0.2, -0.15) is 0 Å². The van der Waals surface area contributed by atoms with E-state index in [-0.39, 0.29) is 42.4 Å². The van der Waals surface area contributed by atoms with Crippen molar-refractivity contribution in [1.29, 1.82) is 0 Å². The van der Waals surface area contributed by atoms with Crippen molar-refractivity contribution in [2.75, 3.05) is 33.2 Å². The molecule has 23 heavy (non-hydrogen) atoms. The molecule has 0 aromatic carbocycles. The highest BCUT2D eigenvalue weighted by molar-refractivity contribution is 6.29. The highest BCUT2D eigenvalue weighted by atomic mass is 35.5. The number of aryl methyl sites for hydroxylation is 1. The Morgan fingerprint density at radius 2 is 2.22 bits per heavy atom. The number of carbonyl (C=O) groups excluding carboxylic acids is 3. The van der Waals surface area contributed by atoms with Crippen molar-refractivity contribution in [3.63, 3.8) is 0 Å². The lowest BCUT2D eigenvalue weighted by Gasteiger charge is -2.45. The fourth-order valence-electron chi connectivity index (χ4n) is 2.94. The van der Waals surface area contributed by atoms with Crippen LogP contribution in [0.4, 0.5) is 0 Å². The number of rotatable bonds is 3. The Morgan fingerprint density at radius 3 is 2.91 bits per heavy atom. The zero-order chi connectivity index (χ0) is 16.6. The number of nitrogens with zero attached hydrogens (tertiary/aromatic N) is 4. The Kier molecular flexibility index (Phi) is 4.25. The van der Waals surface area contributed by atoms with Gasteiger partial charge in [-0.05, 0) is 0 Å². The van der Waals surface area contributed by atoms with Gasteiger partial charge in [-0.25, -0.2) is 0 Å². The van der Waals surface area contributed by atoms with Crippen molar-refractivity contribution in [2.24, 2.45) is 0 Å². The van der Waals surface area contributed by atoms with E-state index in [1.807, 2.05) is 0 Å². The summed E-state index contributed by atoms with van der Waals surface area (Å²) in [5.41, 5.74) is 0. The molecule has 0 radical (unpaired) electrons. The van der Waals surface area contributed by atoms with Gasteiger partial charge in [0, 0.05) is 39.0 Å². The molecule has 8 nitrogen and oxygen atoms in total. The Labute approximate surface area is 137 Å². The van der Waals surface area contributed by atoms with Crippen LogP contribution in [0.2, 0.25) is 5.15 Å². The SMILES string of the molecule is CN1CC(=O)N2CCN(C(=O)CCc3cc(Cl)no3)C[C@@H]2C1=O. The van der Waals surface area contributed by atoms with Crippen molar-refractivity contribution >= 4 is 29.3 Å². The Bertz CT molecular complexity index is 646. The zero-order valence-electron chi connectivity index (χ0n) is 12.7. The molecule has 3 rings (SSSR count). The van der Waals surface area contributed by atoms with Crippen LogP contribution >= 0.6 is 11.6 Å². The average molecular weight is 341 g/mol. The molecule has 0 N–H and O–H groups in total. The fraction of sp³-hybridized carbons (Fsp3) is 0.571. The quantitative estimate of drug-likeness (QED) is 0.758. The van der Waals surface area contributed by atoms with Crippen LogP contribution < -0.4 is 0 Å². The largest absolute Gasteiger partial charge is 0.360 e. The second kappa shape index (κ2) is 6.19. The fourth-order valence-corrected chi connectivity index (χ4v) is 3.10. The molecule has 0 spiro atoms. The first kappa shape index (κ1) is 15.8. The number of likely N-dealkylation sites (N-methyl/N-ethyl adjacent to an activating group) is 1. The first-order chi connectivity index (χ1) is 11.0. The van der Waals surface area contributed by atoms with E-state index < -0.39 is 6.04 Å². The van der Waals surface area contributed by atoms with Gasteiger partial charge in [-0.1, -0.05) is 16.8 Å². The van der Waals surface area contributed by atoms with Crippen molar-refractivity contribution in [2.45, 2.75) is 18.9 Å². The van der Waals surface area contributed by atoms with E-state index in [0.717, 1.165) is 0 Å². The minimum atomic E-state index is -0.571. The molecule has 3 heterocycles. The van der Waals surface area contributed by atoms with Crippen molar-refractivity contribution < 1.29 is 18.9 Å². The van der Waals surface area contributed by atoms with E-state index in [1.165, 1.54) is 4.90 Å². The normalized spacial score (nSPS) is 21.7. The molecule has 2 saturated heterocycles. The van der Waals surface area contributed by atoms with E-state index >= 15 is 0 Å². The molecule has 0 unspecified atom stereocenters. The number of hydrogen-bond donors (Lipinski definition) is 0. The summed E-state index contributed by atoms with van der Waals surface area (Å²) in [6.07, 6.45) is 0.645. The molecule has 2 fully saturated rings. The molecular formula is C14H17ClN4O4. The maximum Gasteiger partial charge on any atom is 0.247 e. The topological polar surface area (TPSA) is 87.0 Å². The minimum absolute atomic E-state index is 0.0690. The molecule has 0 aliphatic carbocycles. The van der Waals surface area contributed by atoms with E-state index in [9.17, 15) is 14.4 Å². The zero-order valence-corrected chi connectivity index (χ0v) is 13.5. The summed E-state index contributed by atoms with van der Waals surface area (Å²) in [6, 6.07) is 1.00. The van der Waals surface area contributed by atoms with E-state index in [2.05, 4.69) is 5.16 Å². The van der Waals surface area contributed by atoms with Crippen LogP contribution in [-0.2, 0) is 20.8 Å². The highest BCUT2D eigenvalue weighted by Gasteiger charge is 2.42. The van der Waals surface area contributed by atoms with Crippen LogP contribution in [-0.4, -0.2) is 76.8 Å². The van der Waals surface area contributed by atoms with E-state index in [0.29, 0.717) is 25.3 Å². The average Bonchev–Trinajstić information content (AvgIpc) is 2.95. The lowest BCUT2D eigenvalue weighted by atomic mass is 10.1. The monoisotopic (exact) mass is 340 g/mol. The van der Waals surface area contributed by atoms with Crippen LogP contribution in [0.15, 0.2) is 10.6 Å². The summed E-state index contributed by atoms with van der Waals surface area (Å²) < 4.78 is 4.97. The molecule has 2 aliphatic heterocycles. The van der Waals surface area contributed by atoms with E-state index in [1.54, 1.807) is 22.9 Å². The van der Waals surface area contributed by atoms with Crippen molar-refractivity contribution in [3.05, 3.63) is 17.0 Å². The molecule has 3 amide bonds. The van der Waals surface area contributed by atoms with Gasteiger partial charge in [0.05, 0.1) is 13.1 Å². The third-order valence-electron chi connectivity index (χ3n) is 4.20. The van der Waals surface area contributed by atoms with E-state index in [4.69, 9.17) is 16.1 Å². The minimum Gasteiger partial charge on any atom is -0.360 e. The summed E-state index contributed by atoms with van der Waals surface area (Å²) in [6.45, 7) is 1.18. The van der Waals surface area contributed by atoms with Gasteiger partial charge >= 0.3 is 0 Å².